The van der Waals surface area contributed by atoms with Gasteiger partial charge in [0.15, 0.2) is 6.29 Å². The van der Waals surface area contributed by atoms with Gasteiger partial charge < -0.3 is 45.4 Å². The molecule has 1 heterocycles. The predicted molar refractivity (Wildman–Crippen MR) is 227 cm³/mol. The van der Waals surface area contributed by atoms with Gasteiger partial charge in [-0.15, -0.1) is 0 Å². The molecule has 0 aromatic rings. The van der Waals surface area contributed by atoms with Crippen LogP contribution >= 0.6 is 0 Å². The summed E-state index contributed by atoms with van der Waals surface area (Å²) in [7, 11) is 0. The zero-order valence-electron chi connectivity index (χ0n) is 36.2. The molecular formula is C46H89NO9. The normalized spacial score (nSPS) is 22.3. The molecule has 0 aliphatic carbocycles. The van der Waals surface area contributed by atoms with Crippen molar-refractivity contribution in [1.29, 1.82) is 0 Å². The maximum atomic E-state index is 13.0. The number of aliphatic hydroxyl groups excluding tert-OH is 6. The van der Waals surface area contributed by atoms with E-state index in [0.29, 0.717) is 6.42 Å². The maximum Gasteiger partial charge on any atom is 0.249 e. The summed E-state index contributed by atoms with van der Waals surface area (Å²) < 4.78 is 11.1. The summed E-state index contributed by atoms with van der Waals surface area (Å²) in [6.45, 7) is 5.92. The Morgan fingerprint density at radius 3 is 1.61 bits per heavy atom. The van der Waals surface area contributed by atoms with Crippen molar-refractivity contribution in [3.63, 3.8) is 0 Å². The van der Waals surface area contributed by atoms with Crippen molar-refractivity contribution in [1.82, 2.24) is 5.32 Å². The van der Waals surface area contributed by atoms with E-state index in [4.69, 9.17) is 9.47 Å². The number of carbonyl (C=O) groups is 1. The molecule has 0 bridgehead atoms. The molecule has 1 fully saturated rings. The Labute approximate surface area is 342 Å². The molecule has 10 nitrogen and oxygen atoms in total. The molecule has 9 atom stereocenters. The monoisotopic (exact) mass is 800 g/mol. The van der Waals surface area contributed by atoms with Crippen LogP contribution in [0.25, 0.3) is 0 Å². The molecule has 1 saturated heterocycles. The van der Waals surface area contributed by atoms with Crippen LogP contribution in [0.3, 0.4) is 0 Å². The molecule has 1 aliphatic rings. The fourth-order valence-electron chi connectivity index (χ4n) is 7.49. The number of hydrogen-bond acceptors (Lipinski definition) is 9. The molecule has 10 heteroatoms. The first kappa shape index (κ1) is 52.9. The molecule has 0 aromatic heterocycles. The minimum Gasteiger partial charge on any atom is -0.394 e. The van der Waals surface area contributed by atoms with Gasteiger partial charge in [-0.1, -0.05) is 200 Å². The fraction of sp³-hybridized carbons (Fsp3) is 0.935. The first-order valence-corrected chi connectivity index (χ1v) is 23.4. The third-order valence-corrected chi connectivity index (χ3v) is 11.8. The van der Waals surface area contributed by atoms with E-state index in [9.17, 15) is 35.4 Å². The summed E-state index contributed by atoms with van der Waals surface area (Å²) in [5, 5.41) is 64.6. The second-order valence-corrected chi connectivity index (χ2v) is 16.9. The lowest BCUT2D eigenvalue weighted by molar-refractivity contribution is -0.302. The minimum absolute atomic E-state index is 0.303. The molecule has 7 N–H and O–H groups in total. The topological polar surface area (TPSA) is 169 Å². The van der Waals surface area contributed by atoms with Gasteiger partial charge in [0, 0.05) is 0 Å². The molecule has 0 radical (unpaired) electrons. The highest BCUT2D eigenvalue weighted by Gasteiger charge is 2.44. The van der Waals surface area contributed by atoms with Gasteiger partial charge in [-0.3, -0.25) is 4.79 Å². The fourth-order valence-corrected chi connectivity index (χ4v) is 7.49. The first-order chi connectivity index (χ1) is 27.2. The lowest BCUT2D eigenvalue weighted by Gasteiger charge is -2.40. The lowest BCUT2D eigenvalue weighted by atomic mass is 9.99. The Morgan fingerprint density at radius 1 is 0.661 bits per heavy atom. The lowest BCUT2D eigenvalue weighted by Crippen LogP contribution is -2.60. The van der Waals surface area contributed by atoms with Crippen LogP contribution < -0.4 is 5.32 Å². The molecule has 332 valence electrons. The van der Waals surface area contributed by atoms with Crippen molar-refractivity contribution >= 4 is 5.91 Å². The van der Waals surface area contributed by atoms with Crippen molar-refractivity contribution < 1.29 is 44.9 Å². The molecular weight excluding hydrogens is 711 g/mol. The van der Waals surface area contributed by atoms with Gasteiger partial charge in [0.1, 0.15) is 30.5 Å². The highest BCUT2D eigenvalue weighted by molar-refractivity contribution is 5.80. The van der Waals surface area contributed by atoms with Crippen LogP contribution in [0.5, 0.6) is 0 Å². The van der Waals surface area contributed by atoms with Crippen molar-refractivity contribution in [2.45, 2.75) is 256 Å². The van der Waals surface area contributed by atoms with Crippen LogP contribution in [-0.4, -0.2) is 98.7 Å². The van der Waals surface area contributed by atoms with E-state index in [1.165, 1.54) is 135 Å². The quantitative estimate of drug-likeness (QED) is 0.0239. The van der Waals surface area contributed by atoms with E-state index >= 15 is 0 Å². The number of allylic oxidation sites excluding steroid dienone is 1. The SMILES string of the molecule is CCCCCCCCCCCCCCCCCCCCC[C@@H](O)C(=O)N[C@@H](CO[C@@H]1O[C@H](CO)[C@@H](O)[C@H](O)[C@H]1O)[C@H](O)/C=C/CCCCCCCCC(C)CC. The van der Waals surface area contributed by atoms with Gasteiger partial charge >= 0.3 is 0 Å². The summed E-state index contributed by atoms with van der Waals surface area (Å²) >= 11 is 0. The summed E-state index contributed by atoms with van der Waals surface area (Å²) in [6, 6.07) is -0.976. The number of ether oxygens (including phenoxy) is 2. The molecule has 1 unspecified atom stereocenters. The molecule has 0 saturated carbocycles. The molecule has 0 aromatic carbocycles. The highest BCUT2D eigenvalue weighted by Crippen LogP contribution is 2.23. The smallest absolute Gasteiger partial charge is 0.249 e. The zero-order chi connectivity index (χ0) is 41.2. The Kier molecular flexibility index (Phi) is 33.8. The van der Waals surface area contributed by atoms with Gasteiger partial charge in [0.2, 0.25) is 5.91 Å². The van der Waals surface area contributed by atoms with Gasteiger partial charge in [-0.25, -0.2) is 0 Å². The Bertz CT molecular complexity index is 921. The third kappa shape index (κ3) is 26.1. The van der Waals surface area contributed by atoms with E-state index in [-0.39, 0.29) is 6.61 Å². The predicted octanol–water partition coefficient (Wildman–Crippen LogP) is 8.55. The van der Waals surface area contributed by atoms with Gasteiger partial charge in [0.05, 0.1) is 25.4 Å². The van der Waals surface area contributed by atoms with Crippen molar-refractivity contribution in [3.05, 3.63) is 12.2 Å². The van der Waals surface area contributed by atoms with Crippen LogP contribution in [0.1, 0.15) is 207 Å². The summed E-state index contributed by atoms with van der Waals surface area (Å²) in [5.41, 5.74) is 0. The zero-order valence-corrected chi connectivity index (χ0v) is 36.2. The molecule has 56 heavy (non-hydrogen) atoms. The first-order valence-electron chi connectivity index (χ1n) is 23.4. The van der Waals surface area contributed by atoms with E-state index in [0.717, 1.165) is 50.9 Å². The molecule has 1 amide bonds. The van der Waals surface area contributed by atoms with Crippen molar-refractivity contribution in [2.24, 2.45) is 5.92 Å². The van der Waals surface area contributed by atoms with Crippen LogP contribution in [0.4, 0.5) is 0 Å². The minimum atomic E-state index is -1.61. The highest BCUT2D eigenvalue weighted by atomic mass is 16.7. The van der Waals surface area contributed by atoms with E-state index < -0.39 is 61.5 Å². The standard InChI is InChI=1S/C46H89NO9/c1-4-6-7-8-9-10-11-12-13-14-15-16-17-18-19-20-25-28-31-34-40(50)45(54)47-38(36-55-46-44(53)43(52)42(51)41(35-48)56-46)39(49)33-30-27-24-22-21-23-26-29-32-37(3)5-2/h30,33,37-44,46,48-53H,4-29,31-32,34-36H2,1-3H3,(H,47,54)/b33-30+/t37?,38-,39+,40+,41+,42+,43-,44+,46+/m0/s1. The molecule has 0 spiro atoms. The van der Waals surface area contributed by atoms with Crippen LogP contribution in [0.2, 0.25) is 0 Å². The second kappa shape index (κ2) is 35.8. The van der Waals surface area contributed by atoms with Crippen molar-refractivity contribution in [2.75, 3.05) is 13.2 Å². The summed E-state index contributed by atoms with van der Waals surface area (Å²) in [5.74, 6) is 0.185. The summed E-state index contributed by atoms with van der Waals surface area (Å²) in [6.07, 6.45) is 28.8. The Balaban J connectivity index is 2.37. The van der Waals surface area contributed by atoms with Gasteiger partial charge in [0.25, 0.3) is 0 Å². The van der Waals surface area contributed by atoms with E-state index in [1.54, 1.807) is 6.08 Å². The number of aliphatic hydroxyl groups is 6. The van der Waals surface area contributed by atoms with Crippen LogP contribution in [0.15, 0.2) is 12.2 Å². The Morgan fingerprint density at radius 2 is 1.12 bits per heavy atom. The number of nitrogens with one attached hydrogen (secondary N) is 1. The van der Waals surface area contributed by atoms with Crippen molar-refractivity contribution in [3.8, 4) is 0 Å². The number of carbonyl (C=O) groups excluding carboxylic acids is 1. The number of unbranched alkanes of at least 4 members (excludes halogenated alkanes) is 24. The molecule has 1 aliphatic heterocycles. The average Bonchev–Trinajstić information content (AvgIpc) is 3.20. The van der Waals surface area contributed by atoms with Crippen LogP contribution in [-0.2, 0) is 14.3 Å². The number of hydrogen-bond donors (Lipinski definition) is 7. The Hall–Kier alpha value is -1.11. The van der Waals surface area contributed by atoms with Crippen LogP contribution in [0, 0.1) is 5.92 Å². The maximum absolute atomic E-state index is 13.0. The summed E-state index contributed by atoms with van der Waals surface area (Å²) in [4.78, 5) is 13.0. The largest absolute Gasteiger partial charge is 0.394 e. The third-order valence-electron chi connectivity index (χ3n) is 11.8. The number of amides is 1. The molecule has 1 rings (SSSR count). The van der Waals surface area contributed by atoms with E-state index in [2.05, 4.69) is 26.1 Å². The van der Waals surface area contributed by atoms with Gasteiger partial charge in [-0.05, 0) is 25.2 Å². The average molecular weight is 800 g/mol. The van der Waals surface area contributed by atoms with Gasteiger partial charge in [-0.2, -0.15) is 0 Å². The van der Waals surface area contributed by atoms with E-state index in [1.807, 2.05) is 6.08 Å². The number of rotatable bonds is 38. The second-order valence-electron chi connectivity index (χ2n) is 16.9.